The highest BCUT2D eigenvalue weighted by Crippen LogP contribution is 2.35. The molecule has 3 rings (SSSR count). The van der Waals surface area contributed by atoms with Crippen molar-refractivity contribution in [3.63, 3.8) is 0 Å². The molecular weight excluding hydrogens is 459 g/mol. The Bertz CT molecular complexity index is 877. The van der Waals surface area contributed by atoms with Crippen molar-refractivity contribution in [2.24, 2.45) is 0 Å². The number of carbonyl (C=O) groups is 2. The molecule has 176 valence electrons. The smallest absolute Gasteiger partial charge is 0.475 e. The molecule has 1 amide bonds. The minimum absolute atomic E-state index is 0.0776. The van der Waals surface area contributed by atoms with Crippen LogP contribution in [0.4, 0.5) is 18.9 Å². The highest BCUT2D eigenvalue weighted by atomic mass is 32.2. The Balaban J connectivity index is 0.000000423. The number of carbonyl (C=O) groups excluding carboxylic acids is 1. The average Bonchev–Trinajstić information content (AvgIpc) is 3.34. The molecule has 0 bridgehead atoms. The van der Waals surface area contributed by atoms with Gasteiger partial charge in [-0.3, -0.25) is 9.69 Å². The number of nitrogens with zero attached hydrogens (tertiary/aromatic N) is 3. The average molecular weight is 486 g/mol. The van der Waals surface area contributed by atoms with Crippen molar-refractivity contribution < 1.29 is 36.3 Å². The highest BCUT2D eigenvalue weighted by molar-refractivity contribution is 7.89. The minimum Gasteiger partial charge on any atom is -0.475 e. The molecule has 2 fully saturated rings. The molecule has 2 aliphatic heterocycles. The quantitative estimate of drug-likeness (QED) is 0.687. The maximum atomic E-state index is 12.5. The normalized spacial score (nSPS) is 23.1. The second-order valence-electron chi connectivity index (χ2n) is 7.60. The van der Waals surface area contributed by atoms with Gasteiger partial charge in [-0.05, 0) is 31.3 Å². The van der Waals surface area contributed by atoms with Gasteiger partial charge in [0.15, 0.2) is 0 Å². The molecule has 3 heterocycles. The molecule has 1 spiro atoms. The van der Waals surface area contributed by atoms with Crippen LogP contribution in [0.2, 0.25) is 0 Å². The maximum absolute atomic E-state index is 12.5. The topological polar surface area (TPSA) is 98.2 Å². The SMILES string of the molecule is CCCCS(=O)(=O)N1CCC2(CN(c3ccsc3)C(=O)CN2C)C1.O=C(O)C(F)(F)F. The zero-order valence-electron chi connectivity index (χ0n) is 17.3. The van der Waals surface area contributed by atoms with Gasteiger partial charge >= 0.3 is 12.1 Å². The third kappa shape index (κ3) is 6.18. The van der Waals surface area contributed by atoms with Crippen LogP contribution in [0.25, 0.3) is 0 Å². The Morgan fingerprint density at radius 1 is 1.32 bits per heavy atom. The van der Waals surface area contributed by atoms with E-state index in [-0.39, 0.29) is 17.2 Å². The summed E-state index contributed by atoms with van der Waals surface area (Å²) >= 11 is 1.57. The van der Waals surface area contributed by atoms with Crippen LogP contribution >= 0.6 is 11.3 Å². The number of rotatable bonds is 5. The summed E-state index contributed by atoms with van der Waals surface area (Å²) in [4.78, 5) is 25.2. The third-order valence-electron chi connectivity index (χ3n) is 5.44. The number of amides is 1. The van der Waals surface area contributed by atoms with E-state index in [0.29, 0.717) is 32.6 Å². The molecule has 2 saturated heterocycles. The number of alkyl halides is 3. The fourth-order valence-corrected chi connectivity index (χ4v) is 5.92. The van der Waals surface area contributed by atoms with E-state index in [9.17, 15) is 26.4 Å². The van der Waals surface area contributed by atoms with E-state index in [1.54, 1.807) is 15.6 Å². The van der Waals surface area contributed by atoms with Gasteiger partial charge in [0.2, 0.25) is 15.9 Å². The Morgan fingerprint density at radius 2 is 1.97 bits per heavy atom. The predicted octanol–water partition coefficient (Wildman–Crippen LogP) is 2.23. The first-order chi connectivity index (χ1) is 14.3. The fraction of sp³-hybridized carbons (Fsp3) is 0.667. The van der Waals surface area contributed by atoms with Crippen molar-refractivity contribution >= 4 is 38.9 Å². The Hall–Kier alpha value is -1.70. The largest absolute Gasteiger partial charge is 0.490 e. The van der Waals surface area contributed by atoms with E-state index in [4.69, 9.17) is 9.90 Å². The molecule has 8 nitrogen and oxygen atoms in total. The number of piperazine rings is 1. The number of likely N-dealkylation sites (N-methyl/N-ethyl adjacent to an activating group) is 1. The number of carboxylic acid groups (broad SMARTS) is 1. The monoisotopic (exact) mass is 485 g/mol. The molecule has 1 unspecified atom stereocenters. The minimum atomic E-state index is -5.08. The van der Waals surface area contributed by atoms with Gasteiger partial charge in [0.25, 0.3) is 0 Å². The van der Waals surface area contributed by atoms with E-state index in [1.165, 1.54) is 0 Å². The van der Waals surface area contributed by atoms with E-state index < -0.39 is 22.2 Å². The molecular formula is C18H26F3N3O5S2. The van der Waals surface area contributed by atoms with Crippen molar-refractivity contribution in [2.75, 3.05) is 43.9 Å². The van der Waals surface area contributed by atoms with Gasteiger partial charge in [-0.15, -0.1) is 0 Å². The van der Waals surface area contributed by atoms with Crippen molar-refractivity contribution in [1.29, 1.82) is 0 Å². The van der Waals surface area contributed by atoms with Crippen LogP contribution in [-0.4, -0.2) is 85.3 Å². The molecule has 2 aliphatic rings. The lowest BCUT2D eigenvalue weighted by molar-refractivity contribution is -0.192. The summed E-state index contributed by atoms with van der Waals surface area (Å²) in [5.74, 6) is -2.46. The fourth-order valence-electron chi connectivity index (χ4n) is 3.56. The molecule has 0 aliphatic carbocycles. The molecule has 0 aromatic carbocycles. The lowest BCUT2D eigenvalue weighted by Gasteiger charge is -2.46. The van der Waals surface area contributed by atoms with Crippen LogP contribution in [0.5, 0.6) is 0 Å². The Labute approximate surface area is 183 Å². The maximum Gasteiger partial charge on any atom is 0.490 e. The number of aliphatic carboxylic acids is 1. The first kappa shape index (κ1) is 25.6. The van der Waals surface area contributed by atoms with E-state index in [1.807, 2.05) is 40.6 Å². The Kier molecular flexibility index (Phi) is 8.11. The van der Waals surface area contributed by atoms with Gasteiger partial charge in [-0.25, -0.2) is 13.2 Å². The van der Waals surface area contributed by atoms with Crippen molar-refractivity contribution in [3.8, 4) is 0 Å². The number of hydrogen-bond donors (Lipinski definition) is 1. The van der Waals surface area contributed by atoms with Crippen LogP contribution in [0.1, 0.15) is 26.2 Å². The number of sulfonamides is 1. The summed E-state index contributed by atoms with van der Waals surface area (Å²) in [6.07, 6.45) is -2.75. The summed E-state index contributed by atoms with van der Waals surface area (Å²) < 4.78 is 58.4. The number of anilines is 1. The van der Waals surface area contributed by atoms with Crippen LogP contribution in [-0.2, 0) is 19.6 Å². The molecule has 13 heteroatoms. The first-order valence-corrected chi connectivity index (χ1v) is 12.2. The molecule has 1 aromatic rings. The predicted molar refractivity (Wildman–Crippen MR) is 111 cm³/mol. The second kappa shape index (κ2) is 9.84. The summed E-state index contributed by atoms with van der Waals surface area (Å²) in [7, 11) is -1.26. The van der Waals surface area contributed by atoms with Crippen LogP contribution < -0.4 is 4.90 Å². The van der Waals surface area contributed by atoms with Gasteiger partial charge in [-0.1, -0.05) is 13.3 Å². The highest BCUT2D eigenvalue weighted by Gasteiger charge is 2.50. The lowest BCUT2D eigenvalue weighted by Crippen LogP contribution is -2.64. The zero-order chi connectivity index (χ0) is 23.4. The van der Waals surface area contributed by atoms with Gasteiger partial charge in [-0.2, -0.15) is 28.8 Å². The molecule has 1 N–H and O–H groups in total. The number of unbranched alkanes of at least 4 members (excludes halogenated alkanes) is 1. The number of carboxylic acids is 1. The number of thiophene rings is 1. The van der Waals surface area contributed by atoms with Crippen molar-refractivity contribution in [2.45, 2.75) is 37.9 Å². The third-order valence-corrected chi connectivity index (χ3v) is 8.02. The molecule has 0 saturated carbocycles. The zero-order valence-corrected chi connectivity index (χ0v) is 18.9. The molecule has 0 radical (unpaired) electrons. The lowest BCUT2D eigenvalue weighted by atomic mass is 9.93. The summed E-state index contributed by atoms with van der Waals surface area (Å²) in [6, 6.07) is 1.95. The summed E-state index contributed by atoms with van der Waals surface area (Å²) in [6.45, 7) is 3.91. The van der Waals surface area contributed by atoms with Gasteiger partial charge in [0.05, 0.1) is 23.5 Å². The van der Waals surface area contributed by atoms with Crippen LogP contribution in [0.3, 0.4) is 0 Å². The van der Waals surface area contributed by atoms with E-state index in [2.05, 4.69) is 0 Å². The van der Waals surface area contributed by atoms with E-state index >= 15 is 0 Å². The number of halogens is 3. The van der Waals surface area contributed by atoms with Crippen molar-refractivity contribution in [3.05, 3.63) is 16.8 Å². The standard InChI is InChI=1S/C16H25N3O3S2.C2HF3O2/c1-3-4-9-24(21,22)18-7-6-16(12-18)13-19(14-5-8-23-11-14)15(20)10-17(16)2;3-2(4,5)1(6)7/h5,8,11H,3-4,6-7,9-10,12-13H2,1-2H3;(H,6,7). The van der Waals surface area contributed by atoms with Gasteiger partial charge in [0.1, 0.15) is 0 Å². The van der Waals surface area contributed by atoms with Crippen molar-refractivity contribution in [1.82, 2.24) is 9.21 Å². The summed E-state index contributed by atoms with van der Waals surface area (Å²) in [5.41, 5.74) is 0.638. The molecule has 31 heavy (non-hydrogen) atoms. The van der Waals surface area contributed by atoms with Crippen LogP contribution in [0, 0.1) is 0 Å². The Morgan fingerprint density at radius 3 is 2.48 bits per heavy atom. The molecule has 1 aromatic heterocycles. The first-order valence-electron chi connectivity index (χ1n) is 9.64. The summed E-state index contributed by atoms with van der Waals surface area (Å²) in [5, 5.41) is 11.1. The second-order valence-corrected chi connectivity index (χ2v) is 10.5. The van der Waals surface area contributed by atoms with Gasteiger partial charge in [0, 0.05) is 25.0 Å². The molecule has 1 atom stereocenters. The van der Waals surface area contributed by atoms with Gasteiger partial charge < -0.3 is 10.0 Å². The van der Waals surface area contributed by atoms with Crippen LogP contribution in [0.15, 0.2) is 16.8 Å². The number of hydrogen-bond acceptors (Lipinski definition) is 6. The van der Waals surface area contributed by atoms with E-state index in [0.717, 1.165) is 18.5 Å².